The third-order valence-electron chi connectivity index (χ3n) is 5.91. The van der Waals surface area contributed by atoms with Crippen LogP contribution in [0, 0.1) is 0 Å². The molecule has 7 heteroatoms. The lowest BCUT2D eigenvalue weighted by Gasteiger charge is -2.26. The lowest BCUT2D eigenvalue weighted by molar-refractivity contribution is -0.139. The van der Waals surface area contributed by atoms with E-state index in [2.05, 4.69) is 6.92 Å². The molecule has 1 fully saturated rings. The average molecular weight is 453 g/mol. The molecule has 0 saturated carbocycles. The Morgan fingerprint density at radius 2 is 1.64 bits per heavy atom. The summed E-state index contributed by atoms with van der Waals surface area (Å²) in [5.41, 5.74) is 2.21. The summed E-state index contributed by atoms with van der Waals surface area (Å²) in [6.45, 7) is 3.23. The fourth-order valence-corrected chi connectivity index (χ4v) is 4.17. The summed E-state index contributed by atoms with van der Waals surface area (Å²) in [5.74, 6) is -0.928. The van der Waals surface area contributed by atoms with E-state index in [1.165, 1.54) is 14.2 Å². The van der Waals surface area contributed by atoms with Gasteiger partial charge in [0.2, 0.25) is 0 Å². The average Bonchev–Trinajstić information content (AvgIpc) is 3.07. The van der Waals surface area contributed by atoms with Gasteiger partial charge in [-0.15, -0.1) is 0 Å². The van der Waals surface area contributed by atoms with E-state index in [9.17, 15) is 14.7 Å². The molecule has 2 aromatic carbocycles. The third kappa shape index (κ3) is 4.88. The number of carbonyl (C=O) groups is 2. The van der Waals surface area contributed by atoms with E-state index in [-0.39, 0.29) is 16.9 Å². The Morgan fingerprint density at radius 1 is 1.03 bits per heavy atom. The molecule has 176 valence electrons. The van der Waals surface area contributed by atoms with Gasteiger partial charge in [-0.2, -0.15) is 0 Å². The maximum Gasteiger partial charge on any atom is 0.295 e. The van der Waals surface area contributed by atoms with E-state index < -0.39 is 17.7 Å². The molecule has 0 radical (unpaired) electrons. The number of carbonyl (C=O) groups excluding carboxylic acids is 2. The van der Waals surface area contributed by atoms with Gasteiger partial charge in [0.05, 0.1) is 25.8 Å². The van der Waals surface area contributed by atoms with Crippen LogP contribution in [0.5, 0.6) is 11.5 Å². The zero-order chi connectivity index (χ0) is 24.1. The number of aryl methyl sites for hydroxylation is 1. The number of nitrogens with zero attached hydrogens (tertiary/aromatic N) is 2. The highest BCUT2D eigenvalue weighted by molar-refractivity contribution is 6.46. The molecule has 1 atom stereocenters. The van der Waals surface area contributed by atoms with E-state index in [0.717, 1.165) is 24.1 Å². The number of methoxy groups -OCH3 is 2. The molecule has 33 heavy (non-hydrogen) atoms. The molecule has 3 rings (SSSR count). The highest BCUT2D eigenvalue weighted by Crippen LogP contribution is 2.43. The maximum atomic E-state index is 13.2. The number of Topliss-reactive ketones (excluding diaryl/α,β-unsaturated/α-hetero) is 1. The summed E-state index contributed by atoms with van der Waals surface area (Å²) < 4.78 is 10.9. The number of hydrogen-bond donors (Lipinski definition) is 1. The molecule has 1 amide bonds. The second-order valence-corrected chi connectivity index (χ2v) is 8.28. The van der Waals surface area contributed by atoms with Gasteiger partial charge in [0, 0.05) is 6.54 Å². The SMILES string of the molecule is CCc1ccc(C2/C(=C(\O)c3c(OC)cccc3OC)C(=O)C(=O)N2CCCN(C)C)cc1. The quantitative estimate of drug-likeness (QED) is 0.356. The van der Waals surface area contributed by atoms with Crippen molar-refractivity contribution in [2.75, 3.05) is 41.4 Å². The zero-order valence-electron chi connectivity index (χ0n) is 19.9. The molecule has 1 aliphatic heterocycles. The smallest absolute Gasteiger partial charge is 0.295 e. The van der Waals surface area contributed by atoms with Crippen molar-refractivity contribution in [1.29, 1.82) is 0 Å². The van der Waals surface area contributed by atoms with Crippen LogP contribution in [0.4, 0.5) is 0 Å². The maximum absolute atomic E-state index is 13.2. The molecular formula is C26H32N2O5. The van der Waals surface area contributed by atoms with E-state index in [4.69, 9.17) is 9.47 Å². The van der Waals surface area contributed by atoms with Crippen LogP contribution in [-0.4, -0.2) is 68.0 Å². The molecule has 7 nitrogen and oxygen atoms in total. The number of ketones is 1. The van der Waals surface area contributed by atoms with Crippen LogP contribution in [-0.2, 0) is 16.0 Å². The van der Waals surface area contributed by atoms with Gasteiger partial charge >= 0.3 is 0 Å². The van der Waals surface area contributed by atoms with Crippen LogP contribution in [0.3, 0.4) is 0 Å². The highest BCUT2D eigenvalue weighted by atomic mass is 16.5. The van der Waals surface area contributed by atoms with E-state index in [0.29, 0.717) is 24.5 Å². The van der Waals surface area contributed by atoms with Crippen LogP contribution in [0.1, 0.15) is 36.1 Å². The third-order valence-corrected chi connectivity index (χ3v) is 5.91. The predicted octanol–water partition coefficient (Wildman–Crippen LogP) is 3.64. The van der Waals surface area contributed by atoms with E-state index >= 15 is 0 Å². The second kappa shape index (κ2) is 10.5. The van der Waals surface area contributed by atoms with Gasteiger partial charge in [-0.05, 0) is 56.7 Å². The van der Waals surface area contributed by atoms with Crippen molar-refractivity contribution in [3.8, 4) is 11.5 Å². The largest absolute Gasteiger partial charge is 0.506 e. The first-order valence-corrected chi connectivity index (χ1v) is 11.1. The minimum Gasteiger partial charge on any atom is -0.506 e. The molecule has 1 unspecified atom stereocenters. The molecule has 1 saturated heterocycles. The zero-order valence-corrected chi connectivity index (χ0v) is 19.9. The summed E-state index contributed by atoms with van der Waals surface area (Å²) in [5, 5.41) is 11.4. The summed E-state index contributed by atoms with van der Waals surface area (Å²) in [6, 6.07) is 12.2. The van der Waals surface area contributed by atoms with Gasteiger partial charge in [0.25, 0.3) is 11.7 Å². The van der Waals surface area contributed by atoms with Crippen molar-refractivity contribution in [1.82, 2.24) is 9.80 Å². The summed E-state index contributed by atoms with van der Waals surface area (Å²) >= 11 is 0. The minimum atomic E-state index is -0.713. The van der Waals surface area contributed by atoms with Crippen molar-refractivity contribution < 1.29 is 24.2 Å². The summed E-state index contributed by atoms with van der Waals surface area (Å²) in [7, 11) is 6.88. The lowest BCUT2D eigenvalue weighted by Crippen LogP contribution is -2.32. The molecule has 0 aromatic heterocycles. The highest BCUT2D eigenvalue weighted by Gasteiger charge is 2.46. The molecular weight excluding hydrogens is 420 g/mol. The van der Waals surface area contributed by atoms with E-state index in [1.54, 1.807) is 23.1 Å². The van der Waals surface area contributed by atoms with Gasteiger partial charge in [-0.3, -0.25) is 9.59 Å². The first-order valence-electron chi connectivity index (χ1n) is 11.1. The summed E-state index contributed by atoms with van der Waals surface area (Å²) in [4.78, 5) is 29.9. The molecule has 1 aliphatic rings. The van der Waals surface area contributed by atoms with E-state index in [1.807, 2.05) is 43.3 Å². The van der Waals surface area contributed by atoms with Crippen molar-refractivity contribution >= 4 is 17.4 Å². The Bertz CT molecular complexity index is 1020. The predicted molar refractivity (Wildman–Crippen MR) is 128 cm³/mol. The van der Waals surface area contributed by atoms with Gasteiger partial charge < -0.3 is 24.4 Å². The number of likely N-dealkylation sites (tertiary alicyclic amines) is 1. The normalized spacial score (nSPS) is 17.6. The van der Waals surface area contributed by atoms with Gasteiger partial charge in [0.1, 0.15) is 22.8 Å². The van der Waals surface area contributed by atoms with Crippen molar-refractivity contribution in [2.24, 2.45) is 0 Å². The lowest BCUT2D eigenvalue weighted by atomic mass is 9.94. The Hall–Kier alpha value is -3.32. The summed E-state index contributed by atoms with van der Waals surface area (Å²) in [6.07, 6.45) is 1.57. The van der Waals surface area contributed by atoms with Crippen LogP contribution in [0.2, 0.25) is 0 Å². The monoisotopic (exact) mass is 452 g/mol. The molecule has 0 bridgehead atoms. The first kappa shape index (κ1) is 24.3. The Kier molecular flexibility index (Phi) is 7.76. The number of rotatable bonds is 9. The number of aliphatic hydroxyl groups is 1. The van der Waals surface area contributed by atoms with Crippen LogP contribution >= 0.6 is 0 Å². The van der Waals surface area contributed by atoms with Gasteiger partial charge in [-0.25, -0.2) is 0 Å². The number of hydrogen-bond acceptors (Lipinski definition) is 6. The molecule has 1 heterocycles. The van der Waals surface area contributed by atoms with Crippen LogP contribution in [0.15, 0.2) is 48.0 Å². The number of benzene rings is 2. The van der Waals surface area contributed by atoms with Crippen LogP contribution in [0.25, 0.3) is 5.76 Å². The Labute approximate surface area is 195 Å². The Morgan fingerprint density at radius 3 is 2.15 bits per heavy atom. The van der Waals surface area contributed by atoms with Gasteiger partial charge in [-0.1, -0.05) is 37.3 Å². The van der Waals surface area contributed by atoms with Crippen molar-refractivity contribution in [3.05, 3.63) is 64.7 Å². The Balaban J connectivity index is 2.18. The van der Waals surface area contributed by atoms with Crippen molar-refractivity contribution in [3.63, 3.8) is 0 Å². The number of ether oxygens (including phenoxy) is 2. The fraction of sp³-hybridized carbons (Fsp3) is 0.385. The second-order valence-electron chi connectivity index (χ2n) is 8.28. The fourth-order valence-electron chi connectivity index (χ4n) is 4.17. The standard InChI is InChI=1S/C26H32N2O5/c1-6-17-11-13-18(14-12-17)23-22(25(30)26(31)28(23)16-8-15-27(2)3)24(29)21-19(32-4)9-7-10-20(21)33-5/h7,9-14,23,29H,6,8,15-16H2,1-5H3/b24-22+. The first-order chi connectivity index (χ1) is 15.8. The number of aliphatic hydroxyl groups excluding tert-OH is 1. The molecule has 0 spiro atoms. The van der Waals surface area contributed by atoms with Crippen LogP contribution < -0.4 is 9.47 Å². The van der Waals surface area contributed by atoms with Gasteiger partial charge in [0.15, 0.2) is 0 Å². The minimum absolute atomic E-state index is 0.0388. The van der Waals surface area contributed by atoms with Crippen molar-refractivity contribution in [2.45, 2.75) is 25.8 Å². The number of amides is 1. The molecule has 1 N–H and O–H groups in total. The molecule has 0 aliphatic carbocycles. The topological polar surface area (TPSA) is 79.3 Å². The molecule has 2 aromatic rings.